The van der Waals surface area contributed by atoms with Crippen molar-refractivity contribution in [3.63, 3.8) is 0 Å². The number of hydrogen-bond donors (Lipinski definition) is 1. The van der Waals surface area contributed by atoms with Crippen LogP contribution in [0.3, 0.4) is 0 Å². The molecule has 2 rings (SSSR count). The minimum absolute atomic E-state index is 0.277. The fourth-order valence-electron chi connectivity index (χ4n) is 2.67. The Bertz CT molecular complexity index is 440. The van der Waals surface area contributed by atoms with Crippen molar-refractivity contribution in [2.75, 3.05) is 7.11 Å². The van der Waals surface area contributed by atoms with Gasteiger partial charge in [-0.3, -0.25) is 0 Å². The molecule has 0 bridgehead atoms. The average molecular weight is 260 g/mol. The third kappa shape index (κ3) is 3.85. The third-order valence-corrected chi connectivity index (χ3v) is 3.84. The van der Waals surface area contributed by atoms with E-state index in [0.29, 0.717) is 17.6 Å². The molecule has 1 fully saturated rings. The molecular formula is C16H20O3. The summed E-state index contributed by atoms with van der Waals surface area (Å²) in [7, 11) is 1.40. The molecule has 1 N–H and O–H groups in total. The number of carbonyl (C=O) groups is 1. The lowest BCUT2D eigenvalue weighted by Crippen LogP contribution is -2.12. The van der Waals surface area contributed by atoms with Gasteiger partial charge in [0, 0.05) is 6.08 Å². The zero-order valence-corrected chi connectivity index (χ0v) is 11.2. The van der Waals surface area contributed by atoms with E-state index in [-0.39, 0.29) is 5.97 Å². The van der Waals surface area contributed by atoms with Gasteiger partial charge in [0.1, 0.15) is 5.75 Å². The number of phenolic OH excluding ortho intramolecular Hbond substituents is 1. The van der Waals surface area contributed by atoms with E-state index in [1.54, 1.807) is 12.1 Å². The van der Waals surface area contributed by atoms with Crippen molar-refractivity contribution in [1.82, 2.24) is 0 Å². The van der Waals surface area contributed by atoms with Gasteiger partial charge in [-0.15, -0.1) is 0 Å². The summed E-state index contributed by atoms with van der Waals surface area (Å²) in [6.07, 6.45) is 7.95. The number of rotatable bonds is 3. The third-order valence-electron chi connectivity index (χ3n) is 3.84. The number of allylic oxidation sites excluding steroid dienone is 1. The SMILES string of the molecule is COC(=O)/C=C\C1CCC(c2ccc(O)cc2)CC1. The molecule has 102 valence electrons. The van der Waals surface area contributed by atoms with Crippen LogP contribution in [0.2, 0.25) is 0 Å². The van der Waals surface area contributed by atoms with Crippen molar-refractivity contribution in [3.05, 3.63) is 42.0 Å². The Kier molecular flexibility index (Phi) is 4.61. The van der Waals surface area contributed by atoms with Crippen LogP contribution < -0.4 is 0 Å². The van der Waals surface area contributed by atoms with Crippen LogP contribution in [0.25, 0.3) is 0 Å². The zero-order chi connectivity index (χ0) is 13.7. The number of phenols is 1. The highest BCUT2D eigenvalue weighted by Gasteiger charge is 2.20. The van der Waals surface area contributed by atoms with E-state index in [0.717, 1.165) is 25.7 Å². The second kappa shape index (κ2) is 6.41. The van der Waals surface area contributed by atoms with Crippen molar-refractivity contribution in [1.29, 1.82) is 0 Å². The maximum Gasteiger partial charge on any atom is 0.330 e. The molecule has 0 saturated heterocycles. The smallest absolute Gasteiger partial charge is 0.330 e. The molecule has 1 aromatic carbocycles. The van der Waals surface area contributed by atoms with Gasteiger partial charge >= 0.3 is 5.97 Å². The molecule has 1 aromatic rings. The van der Waals surface area contributed by atoms with Crippen LogP contribution in [0, 0.1) is 5.92 Å². The summed E-state index contributed by atoms with van der Waals surface area (Å²) < 4.78 is 4.59. The van der Waals surface area contributed by atoms with Crippen molar-refractivity contribution in [2.24, 2.45) is 5.92 Å². The number of hydrogen-bond acceptors (Lipinski definition) is 3. The Morgan fingerprint density at radius 3 is 2.42 bits per heavy atom. The first-order chi connectivity index (χ1) is 9.19. The predicted molar refractivity (Wildman–Crippen MR) is 74.0 cm³/mol. The number of aromatic hydroxyl groups is 1. The number of esters is 1. The molecule has 1 saturated carbocycles. The lowest BCUT2D eigenvalue weighted by Gasteiger charge is -2.27. The Hall–Kier alpha value is -1.77. The second-order valence-corrected chi connectivity index (χ2v) is 5.09. The quantitative estimate of drug-likeness (QED) is 0.669. The van der Waals surface area contributed by atoms with Gasteiger partial charge in [-0.05, 0) is 55.2 Å². The molecule has 0 atom stereocenters. The largest absolute Gasteiger partial charge is 0.508 e. The number of carbonyl (C=O) groups excluding carboxylic acids is 1. The molecule has 0 radical (unpaired) electrons. The van der Waals surface area contributed by atoms with Crippen LogP contribution in [0.4, 0.5) is 0 Å². The van der Waals surface area contributed by atoms with Crippen molar-refractivity contribution < 1.29 is 14.6 Å². The molecule has 3 nitrogen and oxygen atoms in total. The first-order valence-corrected chi connectivity index (χ1v) is 6.74. The molecule has 0 amide bonds. The van der Waals surface area contributed by atoms with Crippen molar-refractivity contribution >= 4 is 5.97 Å². The zero-order valence-electron chi connectivity index (χ0n) is 11.2. The van der Waals surface area contributed by atoms with E-state index in [1.807, 2.05) is 18.2 Å². The standard InChI is InChI=1S/C16H20O3/c1-19-16(18)11-4-12-2-5-13(6-3-12)14-7-9-15(17)10-8-14/h4,7-13,17H,2-3,5-6H2,1H3/b11-4-. The first-order valence-electron chi connectivity index (χ1n) is 6.74. The number of benzene rings is 1. The summed E-state index contributed by atoms with van der Waals surface area (Å²) in [4.78, 5) is 11.0. The highest BCUT2D eigenvalue weighted by atomic mass is 16.5. The molecule has 1 aliphatic carbocycles. The topological polar surface area (TPSA) is 46.5 Å². The van der Waals surface area contributed by atoms with Crippen molar-refractivity contribution in [3.8, 4) is 5.75 Å². The summed E-state index contributed by atoms with van der Waals surface area (Å²) in [6, 6.07) is 7.51. The summed E-state index contributed by atoms with van der Waals surface area (Å²) in [5, 5.41) is 9.29. The fourth-order valence-corrected chi connectivity index (χ4v) is 2.67. The first kappa shape index (κ1) is 13.7. The number of ether oxygens (including phenoxy) is 1. The summed E-state index contributed by atoms with van der Waals surface area (Å²) in [5.74, 6) is 1.09. The van der Waals surface area contributed by atoms with Crippen molar-refractivity contribution in [2.45, 2.75) is 31.6 Å². The van der Waals surface area contributed by atoms with E-state index in [2.05, 4.69) is 4.74 Å². The Morgan fingerprint density at radius 1 is 1.21 bits per heavy atom. The average Bonchev–Trinajstić information content (AvgIpc) is 2.46. The molecule has 3 heteroatoms. The van der Waals surface area contributed by atoms with E-state index in [1.165, 1.54) is 18.7 Å². The van der Waals surface area contributed by atoms with Gasteiger partial charge in [0.05, 0.1) is 7.11 Å². The van der Waals surface area contributed by atoms with E-state index in [9.17, 15) is 9.90 Å². The van der Waals surface area contributed by atoms with Gasteiger partial charge in [0.15, 0.2) is 0 Å². The lowest BCUT2D eigenvalue weighted by atomic mass is 9.78. The van der Waals surface area contributed by atoms with E-state index < -0.39 is 0 Å². The molecule has 0 unspecified atom stereocenters. The van der Waals surface area contributed by atoms with Crippen LogP contribution in [0.1, 0.15) is 37.2 Å². The Balaban J connectivity index is 1.87. The summed E-state index contributed by atoms with van der Waals surface area (Å²) >= 11 is 0. The Morgan fingerprint density at radius 2 is 1.84 bits per heavy atom. The number of methoxy groups -OCH3 is 1. The van der Waals surface area contributed by atoms with Gasteiger partial charge in [-0.25, -0.2) is 4.79 Å². The lowest BCUT2D eigenvalue weighted by molar-refractivity contribution is -0.134. The molecule has 0 aliphatic heterocycles. The minimum Gasteiger partial charge on any atom is -0.508 e. The van der Waals surface area contributed by atoms with Gasteiger partial charge in [-0.2, -0.15) is 0 Å². The molecule has 1 aliphatic rings. The van der Waals surface area contributed by atoms with Gasteiger partial charge in [0.25, 0.3) is 0 Å². The molecular weight excluding hydrogens is 240 g/mol. The van der Waals surface area contributed by atoms with Gasteiger partial charge in [0.2, 0.25) is 0 Å². The van der Waals surface area contributed by atoms with Gasteiger partial charge in [-0.1, -0.05) is 18.2 Å². The molecule has 0 spiro atoms. The summed E-state index contributed by atoms with van der Waals surface area (Å²) in [5.41, 5.74) is 1.30. The molecule has 0 heterocycles. The van der Waals surface area contributed by atoms with Crippen LogP contribution in [-0.2, 0) is 9.53 Å². The summed E-state index contributed by atoms with van der Waals surface area (Å²) in [6.45, 7) is 0. The van der Waals surface area contributed by atoms with E-state index in [4.69, 9.17) is 0 Å². The monoisotopic (exact) mass is 260 g/mol. The Labute approximate surface area is 113 Å². The second-order valence-electron chi connectivity index (χ2n) is 5.09. The predicted octanol–water partition coefficient (Wildman–Crippen LogP) is 3.40. The fraction of sp³-hybridized carbons (Fsp3) is 0.438. The highest BCUT2D eigenvalue weighted by molar-refractivity contribution is 5.81. The normalized spacial score (nSPS) is 23.4. The van der Waals surface area contributed by atoms with E-state index >= 15 is 0 Å². The highest BCUT2D eigenvalue weighted by Crippen LogP contribution is 2.36. The van der Waals surface area contributed by atoms with Crippen LogP contribution in [0.15, 0.2) is 36.4 Å². The molecule has 0 aromatic heterocycles. The molecule has 19 heavy (non-hydrogen) atoms. The van der Waals surface area contributed by atoms with Gasteiger partial charge < -0.3 is 9.84 Å². The maximum atomic E-state index is 11.0. The van der Waals surface area contributed by atoms with Crippen LogP contribution in [-0.4, -0.2) is 18.2 Å². The van der Waals surface area contributed by atoms with Crippen LogP contribution in [0.5, 0.6) is 5.75 Å². The minimum atomic E-state index is -0.277. The van der Waals surface area contributed by atoms with Crippen LogP contribution >= 0.6 is 0 Å². The maximum absolute atomic E-state index is 11.0.